The van der Waals surface area contributed by atoms with Gasteiger partial charge in [0.05, 0.1) is 6.54 Å². The summed E-state index contributed by atoms with van der Waals surface area (Å²) < 4.78 is 41.8. The van der Waals surface area contributed by atoms with E-state index in [0.29, 0.717) is 5.75 Å². The molecule has 1 aromatic rings. The van der Waals surface area contributed by atoms with Crippen LogP contribution in [0.15, 0.2) is 24.3 Å². The van der Waals surface area contributed by atoms with Crippen molar-refractivity contribution in [1.29, 1.82) is 0 Å². The molecule has 1 amide bonds. The number of alkyl halides is 3. The summed E-state index contributed by atoms with van der Waals surface area (Å²) >= 11 is 0. The molecule has 0 saturated heterocycles. The van der Waals surface area contributed by atoms with Gasteiger partial charge in [0.25, 0.3) is 5.91 Å². The van der Waals surface area contributed by atoms with Gasteiger partial charge in [-0.2, -0.15) is 13.2 Å². The fourth-order valence-electron chi connectivity index (χ4n) is 1.44. The second-order valence-electron chi connectivity index (χ2n) is 5.51. The van der Waals surface area contributed by atoms with E-state index in [0.717, 1.165) is 0 Å². The summed E-state index contributed by atoms with van der Waals surface area (Å²) in [6.45, 7) is 4.72. The number of rotatable bonds is 4. The highest BCUT2D eigenvalue weighted by molar-refractivity contribution is 5.94. The number of hydrogen-bond acceptors (Lipinski definition) is 3. The van der Waals surface area contributed by atoms with E-state index < -0.39 is 24.7 Å². The molecule has 0 spiro atoms. The standard InChI is InChI=1S/C14H18F3NO3/c1-13(2,3)21-10-6-4-9(5-7-10)12(20)18-8-11(19)14(15,16)17/h4-7,11,19H,8H2,1-3H3,(H,18,20). The quantitative estimate of drug-likeness (QED) is 0.898. The Bertz CT molecular complexity index is 478. The Morgan fingerprint density at radius 3 is 2.19 bits per heavy atom. The Morgan fingerprint density at radius 2 is 1.76 bits per heavy atom. The molecule has 1 atom stereocenters. The van der Waals surface area contributed by atoms with E-state index in [9.17, 15) is 18.0 Å². The topological polar surface area (TPSA) is 58.6 Å². The fraction of sp³-hybridized carbons (Fsp3) is 0.500. The van der Waals surface area contributed by atoms with Gasteiger partial charge < -0.3 is 15.2 Å². The second kappa shape index (κ2) is 6.34. The van der Waals surface area contributed by atoms with Crippen LogP contribution in [-0.4, -0.2) is 35.4 Å². The van der Waals surface area contributed by atoms with Crippen molar-refractivity contribution in [2.75, 3.05) is 6.54 Å². The fourth-order valence-corrected chi connectivity index (χ4v) is 1.44. The van der Waals surface area contributed by atoms with Crippen molar-refractivity contribution in [3.63, 3.8) is 0 Å². The van der Waals surface area contributed by atoms with Crippen LogP contribution >= 0.6 is 0 Å². The van der Waals surface area contributed by atoms with Crippen molar-refractivity contribution in [2.24, 2.45) is 0 Å². The normalized spacial score (nSPS) is 13.7. The van der Waals surface area contributed by atoms with Crippen LogP contribution < -0.4 is 10.1 Å². The minimum absolute atomic E-state index is 0.186. The SMILES string of the molecule is CC(C)(C)Oc1ccc(C(=O)NCC(O)C(F)(F)F)cc1. The lowest BCUT2D eigenvalue weighted by molar-refractivity contribution is -0.201. The largest absolute Gasteiger partial charge is 0.488 e. The summed E-state index contributed by atoms with van der Waals surface area (Å²) in [5.74, 6) is -0.144. The van der Waals surface area contributed by atoms with E-state index in [1.165, 1.54) is 12.1 Å². The molecule has 0 fully saturated rings. The van der Waals surface area contributed by atoms with Gasteiger partial charge in [-0.1, -0.05) is 0 Å². The third-order valence-electron chi connectivity index (χ3n) is 2.37. The number of carbonyl (C=O) groups is 1. The van der Waals surface area contributed by atoms with Crippen molar-refractivity contribution < 1.29 is 27.8 Å². The molecular weight excluding hydrogens is 287 g/mol. The first-order valence-corrected chi connectivity index (χ1v) is 6.31. The molecule has 118 valence electrons. The third-order valence-corrected chi connectivity index (χ3v) is 2.37. The molecule has 1 unspecified atom stereocenters. The number of carbonyl (C=O) groups excluding carboxylic acids is 1. The van der Waals surface area contributed by atoms with E-state index in [-0.39, 0.29) is 11.2 Å². The Labute approximate surface area is 120 Å². The molecule has 0 radical (unpaired) electrons. The summed E-state index contributed by atoms with van der Waals surface area (Å²) in [4.78, 5) is 11.6. The van der Waals surface area contributed by atoms with Gasteiger partial charge in [-0.05, 0) is 45.0 Å². The number of amides is 1. The molecule has 0 heterocycles. The van der Waals surface area contributed by atoms with Gasteiger partial charge >= 0.3 is 6.18 Å². The zero-order valence-corrected chi connectivity index (χ0v) is 12.0. The number of benzene rings is 1. The van der Waals surface area contributed by atoms with Gasteiger partial charge in [-0.15, -0.1) is 0 Å². The highest BCUT2D eigenvalue weighted by atomic mass is 19.4. The first-order chi connectivity index (χ1) is 9.49. The first-order valence-electron chi connectivity index (χ1n) is 6.31. The Hall–Kier alpha value is -1.76. The van der Waals surface area contributed by atoms with Crippen molar-refractivity contribution in [2.45, 2.75) is 38.7 Å². The van der Waals surface area contributed by atoms with Crippen LogP contribution in [0.2, 0.25) is 0 Å². The average Bonchev–Trinajstić information content (AvgIpc) is 2.33. The number of ether oxygens (including phenoxy) is 1. The molecule has 1 aromatic carbocycles. The van der Waals surface area contributed by atoms with Gasteiger partial charge in [-0.25, -0.2) is 0 Å². The maximum absolute atomic E-state index is 12.1. The molecular formula is C14H18F3NO3. The Morgan fingerprint density at radius 1 is 1.24 bits per heavy atom. The van der Waals surface area contributed by atoms with Gasteiger partial charge in [0.2, 0.25) is 0 Å². The van der Waals surface area contributed by atoms with E-state index in [2.05, 4.69) is 0 Å². The third kappa shape index (κ3) is 6.03. The molecule has 0 saturated carbocycles. The zero-order valence-electron chi connectivity index (χ0n) is 12.0. The van der Waals surface area contributed by atoms with E-state index in [1.54, 1.807) is 12.1 Å². The number of hydrogen-bond donors (Lipinski definition) is 2. The number of aliphatic hydroxyl groups excluding tert-OH is 1. The lowest BCUT2D eigenvalue weighted by Crippen LogP contribution is -2.40. The first kappa shape index (κ1) is 17.3. The van der Waals surface area contributed by atoms with Crippen molar-refractivity contribution in [3.8, 4) is 5.75 Å². The molecule has 0 aliphatic rings. The summed E-state index contributed by atoms with van der Waals surface area (Å²) in [5.41, 5.74) is -0.203. The molecule has 1 rings (SSSR count). The number of halogens is 3. The second-order valence-corrected chi connectivity index (χ2v) is 5.51. The Balaban J connectivity index is 2.60. The molecule has 21 heavy (non-hydrogen) atoms. The predicted octanol–water partition coefficient (Wildman–Crippen LogP) is 2.52. The summed E-state index contributed by atoms with van der Waals surface area (Å²) in [5, 5.41) is 10.8. The molecule has 2 N–H and O–H groups in total. The predicted molar refractivity (Wildman–Crippen MR) is 71.2 cm³/mol. The smallest absolute Gasteiger partial charge is 0.416 e. The summed E-state index contributed by atoms with van der Waals surface area (Å²) in [7, 11) is 0. The monoisotopic (exact) mass is 305 g/mol. The molecule has 0 aromatic heterocycles. The lowest BCUT2D eigenvalue weighted by atomic mass is 10.1. The van der Waals surface area contributed by atoms with Crippen LogP contribution in [0, 0.1) is 0 Å². The van der Waals surface area contributed by atoms with Crippen LogP contribution in [0.25, 0.3) is 0 Å². The average molecular weight is 305 g/mol. The van der Waals surface area contributed by atoms with E-state index >= 15 is 0 Å². The van der Waals surface area contributed by atoms with E-state index in [4.69, 9.17) is 9.84 Å². The van der Waals surface area contributed by atoms with Crippen LogP contribution in [0.5, 0.6) is 5.75 Å². The number of nitrogens with one attached hydrogen (secondary N) is 1. The minimum Gasteiger partial charge on any atom is -0.488 e. The van der Waals surface area contributed by atoms with Gasteiger partial charge in [0.1, 0.15) is 11.4 Å². The van der Waals surface area contributed by atoms with Gasteiger partial charge in [-0.3, -0.25) is 4.79 Å². The molecule has 4 nitrogen and oxygen atoms in total. The molecule has 0 bridgehead atoms. The van der Waals surface area contributed by atoms with Gasteiger partial charge in [0, 0.05) is 5.56 Å². The van der Waals surface area contributed by atoms with Crippen LogP contribution in [0.3, 0.4) is 0 Å². The van der Waals surface area contributed by atoms with Crippen LogP contribution in [0.1, 0.15) is 31.1 Å². The maximum atomic E-state index is 12.1. The maximum Gasteiger partial charge on any atom is 0.416 e. The van der Waals surface area contributed by atoms with Crippen molar-refractivity contribution >= 4 is 5.91 Å². The summed E-state index contributed by atoms with van der Waals surface area (Å²) in [6, 6.07) is 5.99. The summed E-state index contributed by atoms with van der Waals surface area (Å²) in [6.07, 6.45) is -7.33. The van der Waals surface area contributed by atoms with E-state index in [1.807, 2.05) is 26.1 Å². The van der Waals surface area contributed by atoms with Crippen molar-refractivity contribution in [1.82, 2.24) is 5.32 Å². The van der Waals surface area contributed by atoms with Crippen LogP contribution in [-0.2, 0) is 0 Å². The van der Waals surface area contributed by atoms with Gasteiger partial charge in [0.15, 0.2) is 6.10 Å². The number of aliphatic hydroxyl groups is 1. The van der Waals surface area contributed by atoms with Crippen molar-refractivity contribution in [3.05, 3.63) is 29.8 Å². The minimum atomic E-state index is -4.75. The Kier molecular flexibility index (Phi) is 5.22. The molecule has 0 aliphatic carbocycles. The van der Waals surface area contributed by atoms with Crippen LogP contribution in [0.4, 0.5) is 13.2 Å². The molecule has 0 aliphatic heterocycles. The lowest BCUT2D eigenvalue weighted by Gasteiger charge is -2.21. The highest BCUT2D eigenvalue weighted by Crippen LogP contribution is 2.20. The highest BCUT2D eigenvalue weighted by Gasteiger charge is 2.38. The zero-order chi connectivity index (χ0) is 16.3. The molecule has 7 heteroatoms.